The van der Waals surface area contributed by atoms with Crippen molar-refractivity contribution >= 4 is 93.4 Å². The van der Waals surface area contributed by atoms with E-state index in [9.17, 15) is 9.59 Å². The van der Waals surface area contributed by atoms with Crippen molar-refractivity contribution in [3.05, 3.63) is 189 Å². The number of halogens is 2. The van der Waals surface area contributed by atoms with Crippen molar-refractivity contribution in [3.63, 3.8) is 0 Å². The Kier molecular flexibility index (Phi) is 8.71. The Morgan fingerprint density at radius 1 is 0.519 bits per heavy atom. The summed E-state index contributed by atoms with van der Waals surface area (Å²) >= 11 is 13.8. The van der Waals surface area contributed by atoms with Crippen molar-refractivity contribution in [3.8, 4) is 0 Å². The van der Waals surface area contributed by atoms with E-state index in [2.05, 4.69) is 5.32 Å². The second-order valence-corrected chi connectivity index (χ2v) is 14.6. The SMILES string of the molecule is O=C1/C(=C/c2ccc(Cl)cc2)N=C(c2ccccc2)N1c1ccc2c(c1)Sc1cc(N3C(=O)/C(=C\c4ccc(Cl)cc4)N=C3c3ccccc3)ccc1N2. The third-order valence-corrected chi connectivity index (χ3v) is 10.7. The minimum atomic E-state index is -0.233. The Labute approximate surface area is 325 Å². The molecule has 7 nitrogen and oxygen atoms in total. The number of amidine groups is 2. The van der Waals surface area contributed by atoms with E-state index in [1.54, 1.807) is 58.0 Å². The van der Waals surface area contributed by atoms with Gasteiger partial charge in [0.25, 0.3) is 11.8 Å². The molecular weight excluding hydrogens is 733 g/mol. The lowest BCUT2D eigenvalue weighted by molar-refractivity contribution is -0.114. The van der Waals surface area contributed by atoms with Crippen LogP contribution in [-0.2, 0) is 9.59 Å². The van der Waals surface area contributed by atoms with Gasteiger partial charge in [-0.1, -0.05) is 120 Å². The van der Waals surface area contributed by atoms with Crippen molar-refractivity contribution < 1.29 is 9.59 Å². The van der Waals surface area contributed by atoms with Crippen molar-refractivity contribution in [2.75, 3.05) is 15.1 Å². The highest BCUT2D eigenvalue weighted by Gasteiger charge is 2.35. The molecular formula is C44H27Cl2N5O2S. The zero-order chi connectivity index (χ0) is 36.8. The number of carbonyl (C=O) groups is 2. The molecule has 0 spiro atoms. The van der Waals surface area contributed by atoms with E-state index in [0.717, 1.165) is 43.4 Å². The van der Waals surface area contributed by atoms with E-state index < -0.39 is 0 Å². The van der Waals surface area contributed by atoms with E-state index in [1.807, 2.05) is 121 Å². The maximum atomic E-state index is 14.1. The third kappa shape index (κ3) is 6.41. The van der Waals surface area contributed by atoms with Gasteiger partial charge in [0.1, 0.15) is 23.1 Å². The standard InChI is InChI=1S/C44H27Cl2N5O2S/c45-31-15-11-27(12-16-31)23-37-43(52)50(41(48-37)29-7-3-1-4-8-29)33-19-21-35-39(25-33)54-40-26-34(20-22-36(40)47-35)51-42(30-9-5-2-6-10-30)49-38(44(51)53)24-28-13-17-32(46)18-14-28/h1-26,47H/b37-23-,38-24+. The van der Waals surface area contributed by atoms with Crippen LogP contribution >= 0.6 is 35.0 Å². The molecule has 0 fully saturated rings. The molecule has 0 atom stereocenters. The molecule has 2 amide bonds. The Balaban J connectivity index is 1.05. The van der Waals surface area contributed by atoms with Gasteiger partial charge in [-0.15, -0.1) is 0 Å². The topological polar surface area (TPSA) is 77.4 Å². The second kappa shape index (κ2) is 14.0. The molecule has 6 aromatic carbocycles. The number of hydrogen-bond donors (Lipinski definition) is 1. The number of nitrogens with one attached hydrogen (secondary N) is 1. The van der Waals surface area contributed by atoms with Crippen molar-refractivity contribution in [2.45, 2.75) is 9.79 Å². The molecule has 6 aromatic rings. The number of aliphatic imine (C=N–C) groups is 2. The van der Waals surface area contributed by atoms with Crippen LogP contribution in [0.25, 0.3) is 12.2 Å². The average Bonchev–Trinajstić information content (AvgIpc) is 3.71. The predicted octanol–water partition coefficient (Wildman–Crippen LogP) is 10.9. The number of anilines is 4. The number of nitrogens with zero attached hydrogens (tertiary/aromatic N) is 4. The maximum Gasteiger partial charge on any atom is 0.282 e. The van der Waals surface area contributed by atoms with Crippen LogP contribution in [0.4, 0.5) is 22.7 Å². The first-order valence-corrected chi connectivity index (χ1v) is 18.6. The molecule has 0 aliphatic carbocycles. The number of carbonyl (C=O) groups excluding carboxylic acids is 2. The number of benzene rings is 6. The Bertz CT molecular complexity index is 2420. The molecule has 9 rings (SSSR count). The third-order valence-electron chi connectivity index (χ3n) is 9.07. The second-order valence-electron chi connectivity index (χ2n) is 12.6. The molecule has 0 unspecified atom stereocenters. The molecule has 3 aliphatic rings. The lowest BCUT2D eigenvalue weighted by Crippen LogP contribution is -2.32. The quantitative estimate of drug-likeness (QED) is 0.171. The van der Waals surface area contributed by atoms with E-state index in [0.29, 0.717) is 44.5 Å². The summed E-state index contributed by atoms with van der Waals surface area (Å²) in [6.07, 6.45) is 3.55. The first-order valence-electron chi connectivity index (χ1n) is 17.0. The fraction of sp³-hybridized carbons (Fsp3) is 0. The smallest absolute Gasteiger partial charge is 0.282 e. The minimum Gasteiger partial charge on any atom is -0.354 e. The molecule has 0 bridgehead atoms. The van der Waals surface area contributed by atoms with Crippen molar-refractivity contribution in [1.29, 1.82) is 0 Å². The van der Waals surface area contributed by atoms with E-state index in [-0.39, 0.29) is 11.8 Å². The molecule has 0 saturated heterocycles. The van der Waals surface area contributed by atoms with Gasteiger partial charge in [-0.3, -0.25) is 19.4 Å². The van der Waals surface area contributed by atoms with Crippen LogP contribution in [0.15, 0.2) is 177 Å². The summed E-state index contributed by atoms with van der Waals surface area (Å²) in [6.45, 7) is 0. The lowest BCUT2D eigenvalue weighted by Gasteiger charge is -2.26. The van der Waals surface area contributed by atoms with Crippen molar-refractivity contribution in [1.82, 2.24) is 0 Å². The molecule has 1 N–H and O–H groups in total. The van der Waals surface area contributed by atoms with Gasteiger partial charge >= 0.3 is 0 Å². The molecule has 0 aromatic heterocycles. The average molecular weight is 761 g/mol. The van der Waals surface area contributed by atoms with Gasteiger partial charge < -0.3 is 5.32 Å². The largest absolute Gasteiger partial charge is 0.354 e. The summed E-state index contributed by atoms with van der Waals surface area (Å²) in [5.74, 6) is 0.616. The highest BCUT2D eigenvalue weighted by molar-refractivity contribution is 7.99. The van der Waals surface area contributed by atoms with Crippen LogP contribution in [-0.4, -0.2) is 23.5 Å². The van der Waals surface area contributed by atoms with Crippen molar-refractivity contribution in [2.24, 2.45) is 9.98 Å². The van der Waals surface area contributed by atoms with Gasteiger partial charge in [-0.25, -0.2) is 9.98 Å². The molecule has 260 valence electrons. The summed E-state index contributed by atoms with van der Waals surface area (Å²) in [7, 11) is 0. The zero-order valence-electron chi connectivity index (χ0n) is 28.3. The first-order chi connectivity index (χ1) is 26.4. The van der Waals surface area contributed by atoms with Gasteiger partial charge in [-0.2, -0.15) is 0 Å². The molecule has 54 heavy (non-hydrogen) atoms. The molecule has 0 saturated carbocycles. The fourth-order valence-electron chi connectivity index (χ4n) is 6.45. The van der Waals surface area contributed by atoms with Crippen LogP contribution in [0.3, 0.4) is 0 Å². The van der Waals surface area contributed by atoms with Gasteiger partial charge in [0.05, 0.1) is 22.7 Å². The predicted molar refractivity (Wildman–Crippen MR) is 220 cm³/mol. The van der Waals surface area contributed by atoms with Crippen LogP contribution < -0.4 is 15.1 Å². The summed E-state index contributed by atoms with van der Waals surface area (Å²) in [6, 6.07) is 45.7. The van der Waals surface area contributed by atoms with Crippen LogP contribution in [0.1, 0.15) is 22.3 Å². The minimum absolute atomic E-state index is 0.233. The van der Waals surface area contributed by atoms with E-state index in [1.165, 1.54) is 0 Å². The highest BCUT2D eigenvalue weighted by Crippen LogP contribution is 2.47. The Morgan fingerprint density at radius 3 is 1.33 bits per heavy atom. The highest BCUT2D eigenvalue weighted by atomic mass is 35.5. The molecule has 3 aliphatic heterocycles. The molecule has 3 heterocycles. The first kappa shape index (κ1) is 33.6. The zero-order valence-corrected chi connectivity index (χ0v) is 30.6. The normalized spacial score (nSPS) is 16.3. The fourth-order valence-corrected chi connectivity index (χ4v) is 7.75. The van der Waals surface area contributed by atoms with Gasteiger partial charge in [0.2, 0.25) is 0 Å². The van der Waals surface area contributed by atoms with Crippen LogP contribution in [0.2, 0.25) is 10.0 Å². The monoisotopic (exact) mass is 759 g/mol. The summed E-state index contributed by atoms with van der Waals surface area (Å²) in [5, 5.41) is 4.78. The van der Waals surface area contributed by atoms with E-state index in [4.69, 9.17) is 33.2 Å². The number of rotatable bonds is 6. The number of amides is 2. The summed E-state index contributed by atoms with van der Waals surface area (Å²) in [5.41, 5.74) is 7.10. The van der Waals surface area contributed by atoms with E-state index >= 15 is 0 Å². The summed E-state index contributed by atoms with van der Waals surface area (Å²) in [4.78, 5) is 43.0. The Hall–Kier alpha value is -6.19. The Morgan fingerprint density at radius 2 is 0.926 bits per heavy atom. The van der Waals surface area contributed by atoms with Gasteiger partial charge in [0, 0.05) is 31.0 Å². The number of hydrogen-bond acceptors (Lipinski definition) is 6. The van der Waals surface area contributed by atoms with Gasteiger partial charge in [0.15, 0.2) is 0 Å². The van der Waals surface area contributed by atoms with Crippen LogP contribution in [0, 0.1) is 0 Å². The lowest BCUT2D eigenvalue weighted by atomic mass is 10.1. The number of fused-ring (bicyclic) bond motifs is 2. The summed E-state index contributed by atoms with van der Waals surface area (Å²) < 4.78 is 0. The van der Waals surface area contributed by atoms with Crippen LogP contribution in [0.5, 0.6) is 0 Å². The molecule has 10 heteroatoms. The van der Waals surface area contributed by atoms with Gasteiger partial charge in [-0.05, 0) is 83.9 Å². The molecule has 0 radical (unpaired) electrons. The maximum absolute atomic E-state index is 14.1.